The molecule has 0 radical (unpaired) electrons. The SMILES string of the molecule is Cc1cc(C)cc(NC(=O)C2=NCCCN2)c1. The maximum absolute atomic E-state index is 11.9. The summed E-state index contributed by atoms with van der Waals surface area (Å²) in [5, 5.41) is 5.87. The van der Waals surface area contributed by atoms with E-state index in [4.69, 9.17) is 0 Å². The molecule has 0 unspecified atom stereocenters. The van der Waals surface area contributed by atoms with Crippen molar-refractivity contribution in [2.24, 2.45) is 4.99 Å². The largest absolute Gasteiger partial charge is 0.366 e. The van der Waals surface area contributed by atoms with E-state index in [9.17, 15) is 4.79 Å². The Kier molecular flexibility index (Phi) is 3.42. The van der Waals surface area contributed by atoms with Crippen molar-refractivity contribution in [3.63, 3.8) is 0 Å². The number of anilines is 1. The number of aryl methyl sites for hydroxylation is 2. The van der Waals surface area contributed by atoms with Crippen LogP contribution in [0.25, 0.3) is 0 Å². The van der Waals surface area contributed by atoms with Gasteiger partial charge in [0.1, 0.15) is 0 Å². The molecule has 90 valence electrons. The van der Waals surface area contributed by atoms with Gasteiger partial charge in [-0.15, -0.1) is 0 Å². The van der Waals surface area contributed by atoms with Crippen molar-refractivity contribution in [2.45, 2.75) is 20.3 Å². The summed E-state index contributed by atoms with van der Waals surface area (Å²) in [5.41, 5.74) is 3.10. The Morgan fingerprint density at radius 3 is 2.59 bits per heavy atom. The van der Waals surface area contributed by atoms with Gasteiger partial charge in [0.25, 0.3) is 5.91 Å². The van der Waals surface area contributed by atoms with E-state index in [0.717, 1.165) is 36.3 Å². The summed E-state index contributed by atoms with van der Waals surface area (Å²) >= 11 is 0. The van der Waals surface area contributed by atoms with Crippen LogP contribution in [-0.4, -0.2) is 24.8 Å². The number of benzene rings is 1. The van der Waals surface area contributed by atoms with Crippen molar-refractivity contribution < 1.29 is 4.79 Å². The fraction of sp³-hybridized carbons (Fsp3) is 0.385. The summed E-state index contributed by atoms with van der Waals surface area (Å²) in [6.07, 6.45) is 0.986. The smallest absolute Gasteiger partial charge is 0.290 e. The van der Waals surface area contributed by atoms with Crippen molar-refractivity contribution >= 4 is 17.4 Å². The second kappa shape index (κ2) is 4.99. The van der Waals surface area contributed by atoms with E-state index in [1.54, 1.807) is 0 Å². The third-order valence-corrected chi connectivity index (χ3v) is 2.59. The van der Waals surface area contributed by atoms with Crippen LogP contribution < -0.4 is 10.6 Å². The number of hydrogen-bond acceptors (Lipinski definition) is 3. The molecule has 0 aliphatic carbocycles. The van der Waals surface area contributed by atoms with Gasteiger partial charge in [0, 0.05) is 18.8 Å². The van der Waals surface area contributed by atoms with Crippen molar-refractivity contribution in [3.8, 4) is 0 Å². The lowest BCUT2D eigenvalue weighted by atomic mass is 10.1. The predicted molar refractivity (Wildman–Crippen MR) is 69.5 cm³/mol. The minimum atomic E-state index is -0.158. The number of amidine groups is 1. The van der Waals surface area contributed by atoms with Crippen LogP contribution in [0.4, 0.5) is 5.69 Å². The molecule has 0 atom stereocenters. The standard InChI is InChI=1S/C13H17N3O/c1-9-6-10(2)8-11(7-9)16-13(17)12-14-4-3-5-15-12/h6-8H,3-5H2,1-2H3,(H,14,15)(H,16,17). The van der Waals surface area contributed by atoms with Crippen LogP contribution in [0.3, 0.4) is 0 Å². The first kappa shape index (κ1) is 11.6. The van der Waals surface area contributed by atoms with Gasteiger partial charge in [0.05, 0.1) is 0 Å². The number of carbonyl (C=O) groups is 1. The Labute approximate surface area is 101 Å². The zero-order valence-electron chi connectivity index (χ0n) is 10.2. The summed E-state index contributed by atoms with van der Waals surface area (Å²) in [6, 6.07) is 5.98. The molecule has 4 nitrogen and oxygen atoms in total. The lowest BCUT2D eigenvalue weighted by Gasteiger charge is -2.14. The van der Waals surface area contributed by atoms with Crippen molar-refractivity contribution in [2.75, 3.05) is 18.4 Å². The van der Waals surface area contributed by atoms with Crippen LogP contribution in [0.1, 0.15) is 17.5 Å². The topological polar surface area (TPSA) is 53.5 Å². The van der Waals surface area contributed by atoms with Gasteiger partial charge in [-0.1, -0.05) is 6.07 Å². The molecule has 2 rings (SSSR count). The zero-order chi connectivity index (χ0) is 12.3. The Bertz CT molecular complexity index is 445. The monoisotopic (exact) mass is 231 g/mol. The quantitative estimate of drug-likeness (QED) is 0.813. The second-order valence-corrected chi connectivity index (χ2v) is 4.34. The van der Waals surface area contributed by atoms with Gasteiger partial charge < -0.3 is 10.6 Å². The van der Waals surface area contributed by atoms with Gasteiger partial charge in [-0.25, -0.2) is 0 Å². The first-order chi connectivity index (χ1) is 8.15. The summed E-state index contributed by atoms with van der Waals surface area (Å²) < 4.78 is 0. The second-order valence-electron chi connectivity index (χ2n) is 4.34. The van der Waals surface area contributed by atoms with Crippen LogP contribution >= 0.6 is 0 Å². The lowest BCUT2D eigenvalue weighted by molar-refractivity contribution is -0.110. The van der Waals surface area contributed by atoms with Gasteiger partial charge in [0.2, 0.25) is 0 Å². The van der Waals surface area contributed by atoms with E-state index in [1.807, 2.05) is 26.0 Å². The minimum Gasteiger partial charge on any atom is -0.366 e. The molecule has 2 N–H and O–H groups in total. The van der Waals surface area contributed by atoms with Gasteiger partial charge in [0.15, 0.2) is 5.84 Å². The van der Waals surface area contributed by atoms with Crippen LogP contribution in [0.15, 0.2) is 23.2 Å². The number of rotatable bonds is 2. The highest BCUT2D eigenvalue weighted by atomic mass is 16.2. The molecule has 0 saturated carbocycles. The minimum absolute atomic E-state index is 0.158. The summed E-state index contributed by atoms with van der Waals surface area (Å²) in [4.78, 5) is 16.0. The zero-order valence-corrected chi connectivity index (χ0v) is 10.2. The van der Waals surface area contributed by atoms with Crippen LogP contribution in [-0.2, 0) is 4.79 Å². The highest BCUT2D eigenvalue weighted by molar-refractivity contribution is 6.42. The molecule has 1 aromatic rings. The Morgan fingerprint density at radius 1 is 1.29 bits per heavy atom. The third-order valence-electron chi connectivity index (χ3n) is 2.59. The molecule has 0 spiro atoms. The first-order valence-corrected chi connectivity index (χ1v) is 5.83. The number of amides is 1. The number of nitrogens with zero attached hydrogens (tertiary/aromatic N) is 1. The molecule has 0 fully saturated rings. The summed E-state index contributed by atoms with van der Waals surface area (Å²) in [7, 11) is 0. The Morgan fingerprint density at radius 2 is 2.00 bits per heavy atom. The maximum Gasteiger partial charge on any atom is 0.290 e. The van der Waals surface area contributed by atoms with E-state index in [-0.39, 0.29) is 5.91 Å². The molecular formula is C13H17N3O. The summed E-state index contributed by atoms with van der Waals surface area (Å²) in [5.74, 6) is 0.283. The highest BCUT2D eigenvalue weighted by Crippen LogP contribution is 2.13. The van der Waals surface area contributed by atoms with Crippen LogP contribution in [0.2, 0.25) is 0 Å². The van der Waals surface area contributed by atoms with E-state index >= 15 is 0 Å². The number of hydrogen-bond donors (Lipinski definition) is 2. The average Bonchev–Trinajstić information content (AvgIpc) is 2.28. The van der Waals surface area contributed by atoms with Gasteiger partial charge in [-0.3, -0.25) is 9.79 Å². The maximum atomic E-state index is 11.9. The fourth-order valence-electron chi connectivity index (χ4n) is 1.92. The summed E-state index contributed by atoms with van der Waals surface area (Å²) in [6.45, 7) is 5.57. The van der Waals surface area contributed by atoms with E-state index in [1.165, 1.54) is 0 Å². The van der Waals surface area contributed by atoms with E-state index in [2.05, 4.69) is 21.7 Å². The number of nitrogens with one attached hydrogen (secondary N) is 2. The molecule has 0 aromatic heterocycles. The number of aliphatic imine (C=N–C) groups is 1. The van der Waals surface area contributed by atoms with Crippen molar-refractivity contribution in [1.29, 1.82) is 0 Å². The van der Waals surface area contributed by atoms with Gasteiger partial charge in [-0.2, -0.15) is 0 Å². The van der Waals surface area contributed by atoms with Gasteiger partial charge in [-0.05, 0) is 43.5 Å². The van der Waals surface area contributed by atoms with Crippen molar-refractivity contribution in [1.82, 2.24) is 5.32 Å². The molecule has 1 aliphatic rings. The highest BCUT2D eigenvalue weighted by Gasteiger charge is 2.13. The molecule has 1 aromatic carbocycles. The van der Waals surface area contributed by atoms with Gasteiger partial charge >= 0.3 is 0 Å². The average molecular weight is 231 g/mol. The molecule has 1 amide bonds. The normalized spacial score (nSPS) is 14.8. The van der Waals surface area contributed by atoms with Crippen LogP contribution in [0.5, 0.6) is 0 Å². The molecular weight excluding hydrogens is 214 g/mol. The third kappa shape index (κ3) is 3.06. The number of carbonyl (C=O) groups excluding carboxylic acids is 1. The molecule has 17 heavy (non-hydrogen) atoms. The lowest BCUT2D eigenvalue weighted by Crippen LogP contribution is -2.39. The molecule has 1 heterocycles. The first-order valence-electron chi connectivity index (χ1n) is 5.83. The van der Waals surface area contributed by atoms with E-state index < -0.39 is 0 Å². The fourth-order valence-corrected chi connectivity index (χ4v) is 1.92. The molecule has 0 saturated heterocycles. The predicted octanol–water partition coefficient (Wildman–Crippen LogP) is 1.63. The Balaban J connectivity index is 2.09. The van der Waals surface area contributed by atoms with Crippen LogP contribution in [0, 0.1) is 13.8 Å². The van der Waals surface area contributed by atoms with E-state index in [0.29, 0.717) is 5.84 Å². The molecule has 4 heteroatoms. The van der Waals surface area contributed by atoms with Crippen molar-refractivity contribution in [3.05, 3.63) is 29.3 Å². The molecule has 1 aliphatic heterocycles. The molecule has 0 bridgehead atoms. The Hall–Kier alpha value is -1.84.